The van der Waals surface area contributed by atoms with Gasteiger partial charge in [-0.2, -0.15) is 0 Å². The van der Waals surface area contributed by atoms with Crippen LogP contribution in [0.25, 0.3) is 0 Å². The predicted octanol–water partition coefficient (Wildman–Crippen LogP) is 4.23. The maximum atomic E-state index is 12.4. The molecule has 1 aromatic heterocycles. The Morgan fingerprint density at radius 1 is 1.37 bits per heavy atom. The number of benzene rings is 1. The Hall–Kier alpha value is -0.820. The van der Waals surface area contributed by atoms with Crippen LogP contribution < -0.4 is 0 Å². The lowest BCUT2D eigenvalue weighted by atomic mass is 10.2. The highest BCUT2D eigenvalue weighted by Crippen LogP contribution is 2.20. The first-order valence-electron chi connectivity index (χ1n) is 5.73. The Kier molecular flexibility index (Phi) is 4.67. The second-order valence-corrected chi connectivity index (χ2v) is 6.38. The average molecular weight is 434 g/mol. The Bertz CT molecular complexity index is 609. The summed E-state index contributed by atoms with van der Waals surface area (Å²) in [5, 5.41) is 0. The van der Waals surface area contributed by atoms with Crippen molar-refractivity contribution in [2.24, 2.45) is 0 Å². The monoisotopic (exact) mass is 433 g/mol. The first kappa shape index (κ1) is 14.6. The molecule has 0 spiro atoms. The van der Waals surface area contributed by atoms with Gasteiger partial charge in [0.15, 0.2) is 0 Å². The van der Waals surface area contributed by atoms with Gasteiger partial charge in [0.1, 0.15) is 11.5 Å². The quantitative estimate of drug-likeness (QED) is 0.678. The number of halogens is 2. The molecular weight excluding hydrogens is 421 g/mol. The summed E-state index contributed by atoms with van der Waals surface area (Å²) in [6.07, 6.45) is 0. The Balaban J connectivity index is 2.16. The minimum atomic E-state index is -0.0141. The van der Waals surface area contributed by atoms with E-state index in [4.69, 9.17) is 4.42 Å². The summed E-state index contributed by atoms with van der Waals surface area (Å²) in [4.78, 5) is 14.0. The van der Waals surface area contributed by atoms with Gasteiger partial charge in [-0.05, 0) is 59.8 Å². The molecule has 2 aromatic rings. The molecule has 0 unspecified atom stereocenters. The number of amides is 1. The maximum absolute atomic E-state index is 12.4. The molecule has 0 aliphatic carbocycles. The molecule has 0 aliphatic heterocycles. The van der Waals surface area contributed by atoms with Gasteiger partial charge in [0, 0.05) is 15.1 Å². The highest BCUT2D eigenvalue weighted by atomic mass is 127. The van der Waals surface area contributed by atoms with Gasteiger partial charge in [0.05, 0.1) is 12.1 Å². The third-order valence-electron chi connectivity index (χ3n) is 2.69. The van der Waals surface area contributed by atoms with Gasteiger partial charge < -0.3 is 9.32 Å². The summed E-state index contributed by atoms with van der Waals surface area (Å²) in [7, 11) is 1.77. The molecule has 1 amide bonds. The largest absolute Gasteiger partial charge is 0.464 e. The van der Waals surface area contributed by atoms with E-state index in [1.807, 2.05) is 37.3 Å². The number of carbonyl (C=O) groups is 1. The van der Waals surface area contributed by atoms with E-state index in [2.05, 4.69) is 38.5 Å². The van der Waals surface area contributed by atoms with E-state index in [0.29, 0.717) is 12.1 Å². The number of hydrogen-bond acceptors (Lipinski definition) is 2. The molecule has 0 saturated carbocycles. The van der Waals surface area contributed by atoms with Crippen molar-refractivity contribution in [2.45, 2.75) is 13.5 Å². The number of furan rings is 1. The van der Waals surface area contributed by atoms with Crippen molar-refractivity contribution >= 4 is 44.4 Å². The number of nitrogens with zero attached hydrogens (tertiary/aromatic N) is 1. The van der Waals surface area contributed by atoms with Gasteiger partial charge in [-0.3, -0.25) is 4.79 Å². The van der Waals surface area contributed by atoms with Crippen LogP contribution in [0.2, 0.25) is 0 Å². The average Bonchev–Trinajstić information content (AvgIpc) is 2.77. The fraction of sp³-hybridized carbons (Fsp3) is 0.214. The summed E-state index contributed by atoms with van der Waals surface area (Å²) in [5.74, 6) is 1.63. The third-order valence-corrected chi connectivity index (χ3v) is 4.13. The van der Waals surface area contributed by atoms with E-state index in [1.165, 1.54) is 0 Å². The highest BCUT2D eigenvalue weighted by Gasteiger charge is 2.16. The van der Waals surface area contributed by atoms with E-state index >= 15 is 0 Å². The molecule has 100 valence electrons. The molecule has 0 radical (unpaired) electrons. The molecule has 1 heterocycles. The highest BCUT2D eigenvalue weighted by molar-refractivity contribution is 14.1. The molecule has 0 N–H and O–H groups in total. The molecule has 0 saturated heterocycles. The summed E-state index contributed by atoms with van der Waals surface area (Å²) in [6, 6.07) is 9.48. The lowest BCUT2D eigenvalue weighted by molar-refractivity contribution is 0.0774. The van der Waals surface area contributed by atoms with Crippen molar-refractivity contribution in [1.82, 2.24) is 4.90 Å². The Labute approximate surface area is 134 Å². The zero-order valence-corrected chi connectivity index (χ0v) is 14.4. The molecule has 19 heavy (non-hydrogen) atoms. The van der Waals surface area contributed by atoms with Crippen LogP contribution in [0, 0.1) is 10.5 Å². The third kappa shape index (κ3) is 3.60. The summed E-state index contributed by atoms with van der Waals surface area (Å²) in [6.45, 7) is 2.36. The Morgan fingerprint density at radius 2 is 2.11 bits per heavy atom. The van der Waals surface area contributed by atoms with Gasteiger partial charge in [-0.1, -0.05) is 15.9 Å². The van der Waals surface area contributed by atoms with Gasteiger partial charge >= 0.3 is 0 Å². The Morgan fingerprint density at radius 3 is 2.74 bits per heavy atom. The van der Waals surface area contributed by atoms with Crippen molar-refractivity contribution in [3.05, 3.63) is 55.5 Å². The van der Waals surface area contributed by atoms with E-state index in [-0.39, 0.29) is 5.91 Å². The van der Waals surface area contributed by atoms with Crippen LogP contribution in [0.1, 0.15) is 21.9 Å². The van der Waals surface area contributed by atoms with E-state index in [0.717, 1.165) is 19.6 Å². The zero-order valence-electron chi connectivity index (χ0n) is 10.6. The van der Waals surface area contributed by atoms with Gasteiger partial charge in [0.25, 0.3) is 5.91 Å². The number of rotatable bonds is 3. The molecule has 0 fully saturated rings. The summed E-state index contributed by atoms with van der Waals surface area (Å²) in [5.41, 5.74) is 0.695. The van der Waals surface area contributed by atoms with Crippen LogP contribution in [-0.4, -0.2) is 17.9 Å². The maximum Gasteiger partial charge on any atom is 0.255 e. The van der Waals surface area contributed by atoms with Crippen LogP contribution >= 0.6 is 38.5 Å². The number of hydrogen-bond donors (Lipinski definition) is 0. The smallest absolute Gasteiger partial charge is 0.255 e. The molecule has 1 aromatic carbocycles. The van der Waals surface area contributed by atoms with Crippen molar-refractivity contribution < 1.29 is 9.21 Å². The normalized spacial score (nSPS) is 10.5. The minimum absolute atomic E-state index is 0.0141. The number of carbonyl (C=O) groups excluding carboxylic acids is 1. The van der Waals surface area contributed by atoms with Crippen molar-refractivity contribution in [2.75, 3.05) is 7.05 Å². The fourth-order valence-electron chi connectivity index (χ4n) is 1.74. The second-order valence-electron chi connectivity index (χ2n) is 4.30. The van der Waals surface area contributed by atoms with Crippen LogP contribution in [0.3, 0.4) is 0 Å². The molecule has 5 heteroatoms. The standard InChI is InChI=1S/C14H13BrINO2/c1-9-3-5-11(19-9)8-17(2)14(18)12-7-10(15)4-6-13(12)16/h3-7H,8H2,1-2H3. The van der Waals surface area contributed by atoms with Crippen molar-refractivity contribution in [1.29, 1.82) is 0 Å². The van der Waals surface area contributed by atoms with Gasteiger partial charge in [0.2, 0.25) is 0 Å². The van der Waals surface area contributed by atoms with Crippen LogP contribution in [0.5, 0.6) is 0 Å². The molecule has 0 aliphatic rings. The summed E-state index contributed by atoms with van der Waals surface area (Å²) < 4.78 is 7.33. The second kappa shape index (κ2) is 6.09. The first-order valence-corrected chi connectivity index (χ1v) is 7.60. The predicted molar refractivity (Wildman–Crippen MR) is 86.1 cm³/mol. The first-order chi connectivity index (χ1) is 8.97. The van der Waals surface area contributed by atoms with Crippen LogP contribution in [-0.2, 0) is 6.54 Å². The lowest BCUT2D eigenvalue weighted by Gasteiger charge is -2.16. The van der Waals surface area contributed by atoms with Crippen LogP contribution in [0.4, 0.5) is 0 Å². The van der Waals surface area contributed by atoms with Crippen molar-refractivity contribution in [3.63, 3.8) is 0 Å². The minimum Gasteiger partial charge on any atom is -0.464 e. The topological polar surface area (TPSA) is 33.5 Å². The molecule has 0 bridgehead atoms. The fourth-order valence-corrected chi connectivity index (χ4v) is 2.67. The summed E-state index contributed by atoms with van der Waals surface area (Å²) >= 11 is 5.56. The molecular formula is C14H13BrINO2. The molecule has 3 nitrogen and oxygen atoms in total. The van der Waals surface area contributed by atoms with E-state index in [1.54, 1.807) is 11.9 Å². The van der Waals surface area contributed by atoms with E-state index < -0.39 is 0 Å². The van der Waals surface area contributed by atoms with Crippen molar-refractivity contribution in [3.8, 4) is 0 Å². The van der Waals surface area contributed by atoms with Crippen LogP contribution in [0.15, 0.2) is 39.2 Å². The van der Waals surface area contributed by atoms with Gasteiger partial charge in [-0.15, -0.1) is 0 Å². The number of aryl methyl sites for hydroxylation is 1. The van der Waals surface area contributed by atoms with Gasteiger partial charge in [-0.25, -0.2) is 0 Å². The molecule has 2 rings (SSSR count). The molecule has 0 atom stereocenters. The lowest BCUT2D eigenvalue weighted by Crippen LogP contribution is -2.26. The van der Waals surface area contributed by atoms with E-state index in [9.17, 15) is 4.79 Å². The zero-order chi connectivity index (χ0) is 14.0. The SMILES string of the molecule is Cc1ccc(CN(C)C(=O)c2cc(Br)ccc2I)o1.